The lowest BCUT2D eigenvalue weighted by Gasteiger charge is -2.36. The summed E-state index contributed by atoms with van der Waals surface area (Å²) in [4.78, 5) is 15.3. The average molecular weight is 454 g/mol. The molecule has 2 aliphatic rings. The van der Waals surface area contributed by atoms with E-state index in [-0.39, 0.29) is 7.34 Å². The van der Waals surface area contributed by atoms with Crippen LogP contribution in [0.25, 0.3) is 0 Å². The van der Waals surface area contributed by atoms with Crippen LogP contribution in [0.4, 0.5) is 0 Å². The van der Waals surface area contributed by atoms with Crippen molar-refractivity contribution in [2.24, 2.45) is 11.8 Å². The fourth-order valence-corrected chi connectivity index (χ4v) is 4.91. The van der Waals surface area contributed by atoms with Crippen LogP contribution in [0, 0.1) is 25.7 Å². The molecule has 2 unspecified atom stereocenters. The van der Waals surface area contributed by atoms with Gasteiger partial charge in [0.15, 0.2) is 11.5 Å². The number of benzene rings is 2. The largest absolute Gasteiger partial charge is 0.490 e. The maximum absolute atomic E-state index is 13.3. The SMILES string of the molecule is CC.Cc1ccc(CCCC2CC(C)CN(Cc3cc(C)c4c(c3)OCCCO4)C2=O)cc1.[HH]. The van der Waals surface area contributed by atoms with Gasteiger partial charge in [0, 0.05) is 26.9 Å². The Bertz CT molecular complexity index is 912. The predicted molar refractivity (Wildman–Crippen MR) is 137 cm³/mol. The molecule has 0 N–H and O–H groups in total. The van der Waals surface area contributed by atoms with Gasteiger partial charge in [0.2, 0.25) is 5.91 Å². The lowest BCUT2D eigenvalue weighted by molar-refractivity contribution is -0.141. The van der Waals surface area contributed by atoms with Crippen molar-refractivity contribution < 1.29 is 15.7 Å². The molecule has 2 atom stereocenters. The number of likely N-dealkylation sites (tertiary alicyclic amines) is 1. The van der Waals surface area contributed by atoms with Crippen molar-refractivity contribution in [3.8, 4) is 11.5 Å². The van der Waals surface area contributed by atoms with Crippen LogP contribution < -0.4 is 9.47 Å². The van der Waals surface area contributed by atoms with Gasteiger partial charge >= 0.3 is 0 Å². The van der Waals surface area contributed by atoms with Gasteiger partial charge in [0.1, 0.15) is 0 Å². The minimum atomic E-state index is 0. The molecule has 4 nitrogen and oxygen atoms in total. The summed E-state index contributed by atoms with van der Waals surface area (Å²) in [7, 11) is 0. The summed E-state index contributed by atoms with van der Waals surface area (Å²) in [6.45, 7) is 13.3. The number of rotatable bonds is 6. The fraction of sp³-hybridized carbons (Fsp3) is 0.552. The zero-order chi connectivity index (χ0) is 23.8. The number of amides is 1. The third kappa shape index (κ3) is 6.75. The number of ether oxygens (including phenoxy) is 2. The van der Waals surface area contributed by atoms with Crippen molar-refractivity contribution in [1.29, 1.82) is 0 Å². The van der Waals surface area contributed by atoms with Crippen molar-refractivity contribution in [2.45, 2.75) is 73.3 Å². The molecule has 1 saturated heterocycles. The molecule has 2 aliphatic heterocycles. The summed E-state index contributed by atoms with van der Waals surface area (Å²) in [6, 6.07) is 13.0. The maximum Gasteiger partial charge on any atom is 0.226 e. The van der Waals surface area contributed by atoms with Crippen LogP contribution in [0.2, 0.25) is 0 Å². The number of carbonyl (C=O) groups is 1. The molecule has 2 aromatic carbocycles. The molecule has 4 heteroatoms. The average Bonchev–Trinajstić information content (AvgIpc) is 3.05. The van der Waals surface area contributed by atoms with Crippen LogP contribution in [0.15, 0.2) is 36.4 Å². The lowest BCUT2D eigenvalue weighted by atomic mass is 9.85. The highest BCUT2D eigenvalue weighted by Crippen LogP contribution is 2.35. The number of aryl methyl sites for hydroxylation is 3. The molecule has 0 aromatic heterocycles. The molecule has 1 fully saturated rings. The van der Waals surface area contributed by atoms with E-state index in [0.717, 1.165) is 61.3 Å². The first-order valence-electron chi connectivity index (χ1n) is 12.7. The Morgan fingerprint density at radius 2 is 1.76 bits per heavy atom. The molecule has 4 rings (SSSR count). The number of carbonyl (C=O) groups excluding carboxylic acids is 1. The van der Waals surface area contributed by atoms with Gasteiger partial charge in [0.05, 0.1) is 13.2 Å². The predicted octanol–water partition coefficient (Wildman–Crippen LogP) is 6.74. The zero-order valence-electron chi connectivity index (χ0n) is 21.2. The van der Waals surface area contributed by atoms with E-state index in [0.29, 0.717) is 31.6 Å². The Morgan fingerprint density at radius 3 is 2.52 bits per heavy atom. The van der Waals surface area contributed by atoms with Gasteiger partial charge in [-0.2, -0.15) is 0 Å². The molecule has 0 aliphatic carbocycles. The highest BCUT2D eigenvalue weighted by molar-refractivity contribution is 5.79. The van der Waals surface area contributed by atoms with Gasteiger partial charge in [-0.1, -0.05) is 56.7 Å². The minimum absolute atomic E-state index is 0. The Labute approximate surface area is 201 Å². The molecule has 33 heavy (non-hydrogen) atoms. The van der Waals surface area contributed by atoms with Crippen molar-refractivity contribution in [1.82, 2.24) is 4.90 Å². The van der Waals surface area contributed by atoms with Crippen LogP contribution in [-0.2, 0) is 17.8 Å². The highest BCUT2D eigenvalue weighted by Gasteiger charge is 2.32. The first-order valence-corrected chi connectivity index (χ1v) is 12.7. The minimum Gasteiger partial charge on any atom is -0.490 e. The van der Waals surface area contributed by atoms with Crippen LogP contribution in [0.1, 0.15) is 70.1 Å². The highest BCUT2D eigenvalue weighted by atomic mass is 16.5. The topological polar surface area (TPSA) is 38.8 Å². The molecule has 1 amide bonds. The summed E-state index contributed by atoms with van der Waals surface area (Å²) in [5, 5.41) is 0. The normalized spacial score (nSPS) is 20.0. The van der Waals surface area contributed by atoms with E-state index in [1.165, 1.54) is 11.1 Å². The summed E-state index contributed by atoms with van der Waals surface area (Å²) in [5.41, 5.74) is 4.87. The summed E-state index contributed by atoms with van der Waals surface area (Å²) in [5.74, 6) is 2.65. The van der Waals surface area contributed by atoms with E-state index in [1.807, 2.05) is 13.8 Å². The van der Waals surface area contributed by atoms with Gasteiger partial charge in [0.25, 0.3) is 0 Å². The van der Waals surface area contributed by atoms with Gasteiger partial charge in [-0.05, 0) is 68.2 Å². The first-order chi connectivity index (χ1) is 16.0. The maximum atomic E-state index is 13.3. The van der Waals surface area contributed by atoms with Crippen molar-refractivity contribution in [3.05, 3.63) is 58.7 Å². The van der Waals surface area contributed by atoms with Crippen LogP contribution >= 0.6 is 0 Å². The third-order valence-electron chi connectivity index (χ3n) is 6.48. The third-order valence-corrected chi connectivity index (χ3v) is 6.48. The van der Waals surface area contributed by atoms with E-state index in [4.69, 9.17) is 9.47 Å². The molecule has 182 valence electrons. The number of piperidine rings is 1. The van der Waals surface area contributed by atoms with Crippen LogP contribution in [0.5, 0.6) is 11.5 Å². The second kappa shape index (κ2) is 12.1. The van der Waals surface area contributed by atoms with Crippen LogP contribution in [0.3, 0.4) is 0 Å². The second-order valence-electron chi connectivity index (χ2n) is 9.42. The van der Waals surface area contributed by atoms with E-state index in [2.05, 4.69) is 62.1 Å². The van der Waals surface area contributed by atoms with E-state index in [1.54, 1.807) is 0 Å². The van der Waals surface area contributed by atoms with Gasteiger partial charge in [-0.25, -0.2) is 0 Å². The summed E-state index contributed by atoms with van der Waals surface area (Å²) in [6.07, 6.45) is 4.97. The van der Waals surface area contributed by atoms with Gasteiger partial charge < -0.3 is 14.4 Å². The monoisotopic (exact) mass is 453 g/mol. The Morgan fingerprint density at radius 1 is 1.03 bits per heavy atom. The quantitative estimate of drug-likeness (QED) is 0.486. The molecule has 0 spiro atoms. The van der Waals surface area contributed by atoms with Gasteiger partial charge in [-0.15, -0.1) is 0 Å². The molecule has 0 radical (unpaired) electrons. The molecule has 2 aromatic rings. The molecular weight excluding hydrogens is 410 g/mol. The Hall–Kier alpha value is -2.49. The number of hydrogen-bond acceptors (Lipinski definition) is 3. The molecular formula is C29H43NO3. The first kappa shape index (κ1) is 25.1. The lowest BCUT2D eigenvalue weighted by Crippen LogP contribution is -2.44. The van der Waals surface area contributed by atoms with E-state index < -0.39 is 0 Å². The standard InChI is InChI=1S/C27H35NO3.C2H6.H2/c1-19-8-10-22(11-9-19)6-4-7-24-14-20(2)17-28(27(24)29)18-23-15-21(3)26-25(16-23)30-12-5-13-31-26;1-2;/h8-11,15-16,20,24H,4-7,12-14,17-18H2,1-3H3;1-2H3;1H. The Kier molecular flexibility index (Phi) is 9.22. The smallest absolute Gasteiger partial charge is 0.226 e. The van der Waals surface area contributed by atoms with Crippen LogP contribution in [-0.4, -0.2) is 30.6 Å². The fourth-order valence-electron chi connectivity index (χ4n) is 4.91. The zero-order valence-corrected chi connectivity index (χ0v) is 21.2. The van der Waals surface area contributed by atoms with E-state index in [9.17, 15) is 4.79 Å². The number of fused-ring (bicyclic) bond motifs is 1. The number of nitrogens with zero attached hydrogens (tertiary/aromatic N) is 1. The second-order valence-corrected chi connectivity index (χ2v) is 9.42. The molecule has 2 heterocycles. The molecule has 0 bridgehead atoms. The van der Waals surface area contributed by atoms with Crippen molar-refractivity contribution >= 4 is 5.91 Å². The van der Waals surface area contributed by atoms with Gasteiger partial charge in [-0.3, -0.25) is 4.79 Å². The summed E-state index contributed by atoms with van der Waals surface area (Å²) < 4.78 is 11.8. The summed E-state index contributed by atoms with van der Waals surface area (Å²) >= 11 is 0. The number of hydrogen-bond donors (Lipinski definition) is 0. The molecule has 0 saturated carbocycles. The Balaban J connectivity index is 0.00000133. The van der Waals surface area contributed by atoms with Crippen molar-refractivity contribution in [2.75, 3.05) is 19.8 Å². The van der Waals surface area contributed by atoms with Crippen molar-refractivity contribution in [3.63, 3.8) is 0 Å². The van der Waals surface area contributed by atoms with E-state index >= 15 is 0 Å².